The van der Waals surface area contributed by atoms with E-state index in [1.165, 1.54) is 11.1 Å². The molecule has 0 aliphatic rings. The average molecular weight is 213 g/mol. The van der Waals surface area contributed by atoms with Crippen LogP contribution in [0.4, 0.5) is 0 Å². The third-order valence-corrected chi connectivity index (χ3v) is 2.67. The molecule has 2 heteroatoms. The standard InChI is InChI=1S/C14H15NO/c1-2-12-4-3-5-13(8-12)9-15-7-6-14(10-15)11-16/h3-8,10-11H,2,9H2,1H3. The number of aldehydes is 1. The van der Waals surface area contributed by atoms with Gasteiger partial charge in [-0.1, -0.05) is 31.2 Å². The Balaban J connectivity index is 2.16. The molecule has 1 heterocycles. The first-order chi connectivity index (χ1) is 7.81. The van der Waals surface area contributed by atoms with Gasteiger partial charge in [-0.05, 0) is 23.6 Å². The van der Waals surface area contributed by atoms with Gasteiger partial charge in [-0.15, -0.1) is 0 Å². The second kappa shape index (κ2) is 4.79. The Bertz CT molecular complexity index is 485. The summed E-state index contributed by atoms with van der Waals surface area (Å²) < 4.78 is 2.03. The van der Waals surface area contributed by atoms with Crippen molar-refractivity contribution in [2.45, 2.75) is 19.9 Å². The minimum absolute atomic E-state index is 0.728. The third kappa shape index (κ3) is 2.40. The number of carbonyl (C=O) groups is 1. The molecule has 2 rings (SSSR count). The Labute approximate surface area is 95.5 Å². The molecule has 0 aliphatic heterocycles. The van der Waals surface area contributed by atoms with Crippen LogP contribution in [0.2, 0.25) is 0 Å². The number of nitrogens with zero attached hydrogens (tertiary/aromatic N) is 1. The minimum Gasteiger partial charge on any atom is -0.349 e. The zero-order valence-electron chi connectivity index (χ0n) is 9.39. The van der Waals surface area contributed by atoms with E-state index in [0.717, 1.165) is 24.8 Å². The maximum atomic E-state index is 10.6. The van der Waals surface area contributed by atoms with Gasteiger partial charge in [0.15, 0.2) is 6.29 Å². The van der Waals surface area contributed by atoms with Gasteiger partial charge >= 0.3 is 0 Å². The maximum Gasteiger partial charge on any atom is 0.151 e. The highest BCUT2D eigenvalue weighted by molar-refractivity contribution is 5.74. The molecule has 0 saturated heterocycles. The van der Waals surface area contributed by atoms with Crippen LogP contribution < -0.4 is 0 Å². The predicted molar refractivity (Wildman–Crippen MR) is 64.7 cm³/mol. The van der Waals surface area contributed by atoms with Crippen molar-refractivity contribution in [2.75, 3.05) is 0 Å². The van der Waals surface area contributed by atoms with Crippen molar-refractivity contribution < 1.29 is 4.79 Å². The molecule has 1 aromatic heterocycles. The Morgan fingerprint density at radius 3 is 2.75 bits per heavy atom. The van der Waals surface area contributed by atoms with E-state index in [2.05, 4.69) is 31.2 Å². The van der Waals surface area contributed by atoms with Crippen LogP contribution in [0.1, 0.15) is 28.4 Å². The zero-order chi connectivity index (χ0) is 11.4. The number of hydrogen-bond donors (Lipinski definition) is 0. The molecule has 2 nitrogen and oxygen atoms in total. The summed E-state index contributed by atoms with van der Waals surface area (Å²) in [6.45, 7) is 2.97. The lowest BCUT2D eigenvalue weighted by atomic mass is 10.1. The molecule has 0 fully saturated rings. The monoisotopic (exact) mass is 213 g/mol. The average Bonchev–Trinajstić information content (AvgIpc) is 2.77. The van der Waals surface area contributed by atoms with Gasteiger partial charge in [0.05, 0.1) is 0 Å². The van der Waals surface area contributed by atoms with Crippen molar-refractivity contribution in [1.29, 1.82) is 0 Å². The fraction of sp³-hybridized carbons (Fsp3) is 0.214. The predicted octanol–water partition coefficient (Wildman–Crippen LogP) is 2.91. The molecule has 0 atom stereocenters. The molecule has 0 saturated carbocycles. The number of aryl methyl sites for hydroxylation is 1. The van der Waals surface area contributed by atoms with Crippen molar-refractivity contribution in [3.05, 3.63) is 59.4 Å². The fourth-order valence-corrected chi connectivity index (χ4v) is 1.79. The second-order valence-electron chi connectivity index (χ2n) is 3.91. The molecule has 16 heavy (non-hydrogen) atoms. The summed E-state index contributed by atoms with van der Waals surface area (Å²) in [5.41, 5.74) is 3.35. The van der Waals surface area contributed by atoms with E-state index in [1.807, 2.05) is 23.0 Å². The van der Waals surface area contributed by atoms with Crippen LogP contribution in [0, 0.1) is 0 Å². The summed E-state index contributed by atoms with van der Waals surface area (Å²) in [5, 5.41) is 0. The Hall–Kier alpha value is -1.83. The summed E-state index contributed by atoms with van der Waals surface area (Å²) in [6.07, 6.45) is 5.73. The van der Waals surface area contributed by atoms with Gasteiger partial charge in [0, 0.05) is 24.5 Å². The molecule has 2 aromatic rings. The van der Waals surface area contributed by atoms with Crippen LogP contribution in [0.3, 0.4) is 0 Å². The number of hydrogen-bond acceptors (Lipinski definition) is 1. The highest BCUT2D eigenvalue weighted by atomic mass is 16.1. The molecule has 0 bridgehead atoms. The van der Waals surface area contributed by atoms with E-state index in [0.29, 0.717) is 0 Å². The van der Waals surface area contributed by atoms with Crippen LogP contribution in [0.25, 0.3) is 0 Å². The van der Waals surface area contributed by atoms with Crippen LogP contribution in [0.15, 0.2) is 42.7 Å². The first-order valence-electron chi connectivity index (χ1n) is 5.50. The Kier molecular flexibility index (Phi) is 3.20. The first-order valence-corrected chi connectivity index (χ1v) is 5.50. The minimum atomic E-state index is 0.728. The van der Waals surface area contributed by atoms with Gasteiger partial charge in [-0.25, -0.2) is 0 Å². The lowest BCUT2D eigenvalue weighted by Gasteiger charge is -2.04. The largest absolute Gasteiger partial charge is 0.349 e. The zero-order valence-corrected chi connectivity index (χ0v) is 9.39. The van der Waals surface area contributed by atoms with E-state index in [4.69, 9.17) is 0 Å². The third-order valence-electron chi connectivity index (χ3n) is 2.67. The summed E-state index contributed by atoms with van der Waals surface area (Å²) in [7, 11) is 0. The van der Waals surface area contributed by atoms with Gasteiger partial charge < -0.3 is 4.57 Å². The van der Waals surface area contributed by atoms with Crippen LogP contribution >= 0.6 is 0 Å². The summed E-state index contributed by atoms with van der Waals surface area (Å²) in [6, 6.07) is 10.4. The summed E-state index contributed by atoms with van der Waals surface area (Å²) in [4.78, 5) is 10.6. The van der Waals surface area contributed by atoms with Crippen molar-refractivity contribution >= 4 is 6.29 Å². The van der Waals surface area contributed by atoms with Gasteiger partial charge in [-0.2, -0.15) is 0 Å². The maximum absolute atomic E-state index is 10.6. The number of benzene rings is 1. The molecule has 0 unspecified atom stereocenters. The van der Waals surface area contributed by atoms with E-state index < -0.39 is 0 Å². The van der Waals surface area contributed by atoms with Crippen LogP contribution in [-0.4, -0.2) is 10.9 Å². The van der Waals surface area contributed by atoms with E-state index in [9.17, 15) is 4.79 Å². The Morgan fingerprint density at radius 2 is 2.06 bits per heavy atom. The smallest absolute Gasteiger partial charge is 0.151 e. The highest BCUT2D eigenvalue weighted by Gasteiger charge is 1.98. The summed E-state index contributed by atoms with van der Waals surface area (Å²) >= 11 is 0. The summed E-state index contributed by atoms with van der Waals surface area (Å²) in [5.74, 6) is 0. The highest BCUT2D eigenvalue weighted by Crippen LogP contribution is 2.09. The molecule has 1 aromatic carbocycles. The van der Waals surface area contributed by atoms with Crippen LogP contribution in [0.5, 0.6) is 0 Å². The van der Waals surface area contributed by atoms with E-state index in [1.54, 1.807) is 0 Å². The molecule has 0 aliphatic carbocycles. The SMILES string of the molecule is CCc1cccc(Cn2ccc(C=O)c2)c1. The first kappa shape index (κ1) is 10.7. The molecule has 82 valence electrons. The lowest BCUT2D eigenvalue weighted by Crippen LogP contribution is -1.97. The second-order valence-corrected chi connectivity index (χ2v) is 3.91. The van der Waals surface area contributed by atoms with Gasteiger partial charge in [0.25, 0.3) is 0 Å². The number of aromatic nitrogens is 1. The molecular weight excluding hydrogens is 198 g/mol. The number of carbonyl (C=O) groups excluding carboxylic acids is 1. The quantitative estimate of drug-likeness (QED) is 0.716. The van der Waals surface area contributed by atoms with Crippen molar-refractivity contribution in [2.24, 2.45) is 0 Å². The van der Waals surface area contributed by atoms with Gasteiger partial charge in [0.2, 0.25) is 0 Å². The molecule has 0 N–H and O–H groups in total. The van der Waals surface area contributed by atoms with Gasteiger partial charge in [0.1, 0.15) is 0 Å². The van der Waals surface area contributed by atoms with Crippen molar-refractivity contribution in [3.8, 4) is 0 Å². The van der Waals surface area contributed by atoms with Gasteiger partial charge in [-0.3, -0.25) is 4.79 Å². The molecule has 0 radical (unpaired) electrons. The normalized spacial score (nSPS) is 10.3. The number of rotatable bonds is 4. The van der Waals surface area contributed by atoms with E-state index in [-0.39, 0.29) is 0 Å². The fourth-order valence-electron chi connectivity index (χ4n) is 1.79. The van der Waals surface area contributed by atoms with Crippen LogP contribution in [-0.2, 0) is 13.0 Å². The molecular formula is C14H15NO. The lowest BCUT2D eigenvalue weighted by molar-refractivity contribution is 0.112. The van der Waals surface area contributed by atoms with Crippen molar-refractivity contribution in [3.63, 3.8) is 0 Å². The van der Waals surface area contributed by atoms with Crippen molar-refractivity contribution in [1.82, 2.24) is 4.57 Å². The molecule has 0 amide bonds. The van der Waals surface area contributed by atoms with E-state index >= 15 is 0 Å². The topological polar surface area (TPSA) is 22.0 Å². The Morgan fingerprint density at radius 1 is 1.25 bits per heavy atom. The molecule has 0 spiro atoms.